The summed E-state index contributed by atoms with van der Waals surface area (Å²) in [6.45, 7) is 2.96. The fraction of sp³-hybridized carbons (Fsp3) is 0.353. The van der Waals surface area contributed by atoms with Gasteiger partial charge in [0.1, 0.15) is 18.2 Å². The van der Waals surface area contributed by atoms with E-state index in [-0.39, 0.29) is 42.3 Å². The highest BCUT2D eigenvalue weighted by molar-refractivity contribution is 5.96. The van der Waals surface area contributed by atoms with Gasteiger partial charge in [0, 0.05) is 40.7 Å². The molecule has 1 aliphatic rings. The Morgan fingerprint density at radius 3 is 2.41 bits per heavy atom. The van der Waals surface area contributed by atoms with Crippen LogP contribution in [0.1, 0.15) is 77.7 Å². The summed E-state index contributed by atoms with van der Waals surface area (Å²) in [5, 5.41) is 9.58. The number of hydrogen-bond acceptors (Lipinski definition) is 4. The van der Waals surface area contributed by atoms with E-state index >= 15 is 0 Å². The molecule has 2 aromatic heterocycles. The highest BCUT2D eigenvalue weighted by Crippen LogP contribution is 2.34. The molecule has 0 unspecified atom stereocenters. The van der Waals surface area contributed by atoms with Gasteiger partial charge in [0.2, 0.25) is 5.91 Å². The Balaban J connectivity index is 1.50. The molecule has 2 N–H and O–H groups in total. The largest absolute Gasteiger partial charge is 0.435 e. The van der Waals surface area contributed by atoms with Gasteiger partial charge in [-0.05, 0) is 73.6 Å². The molecular weight excluding hydrogens is 605 g/mol. The summed E-state index contributed by atoms with van der Waals surface area (Å²) >= 11 is 0. The lowest BCUT2D eigenvalue weighted by Crippen LogP contribution is -2.34. The number of carbonyl (C=O) groups excluding carboxylic acids is 2. The summed E-state index contributed by atoms with van der Waals surface area (Å²) in [6.07, 6.45) is -0.565. The summed E-state index contributed by atoms with van der Waals surface area (Å²) in [5.74, 6) is -2.49. The number of rotatable bonds is 12. The van der Waals surface area contributed by atoms with E-state index in [1.165, 1.54) is 6.20 Å². The van der Waals surface area contributed by atoms with Crippen LogP contribution in [0.2, 0.25) is 0 Å². The van der Waals surface area contributed by atoms with Crippen molar-refractivity contribution in [3.8, 4) is 11.1 Å². The minimum Gasteiger partial charge on any atom is -0.349 e. The lowest BCUT2D eigenvalue weighted by molar-refractivity contribution is -0.142. The van der Waals surface area contributed by atoms with Gasteiger partial charge in [-0.15, -0.1) is 0 Å². The van der Waals surface area contributed by atoms with E-state index < -0.39 is 42.0 Å². The first-order valence-electron chi connectivity index (χ1n) is 15.2. The molecule has 1 aliphatic carbocycles. The van der Waals surface area contributed by atoms with Crippen molar-refractivity contribution in [3.05, 3.63) is 106 Å². The van der Waals surface area contributed by atoms with Crippen molar-refractivity contribution in [3.63, 3.8) is 0 Å². The van der Waals surface area contributed by atoms with E-state index in [2.05, 4.69) is 20.7 Å². The molecule has 2 heterocycles. The van der Waals surface area contributed by atoms with E-state index in [1.807, 2.05) is 0 Å². The molecule has 1 saturated carbocycles. The molecule has 1 atom stereocenters. The standard InChI is InChI=1S/C34H34F5N5O2/c1-3-7-27-29(4-2)44(43-32(27)34(37,38)39)19-30(45)42-28(16-20-14-23(35)18-24(36)15-20)31-26(10-6-13-40-31)21-8-5-9-22(17-21)33(46)41-25-11-12-25/h5-6,8-10,13-15,17-18,25,28H,3-4,7,11-12,16,19H2,1-2H3,(H,41,46)(H,42,45)/t28-/m0/s1. The lowest BCUT2D eigenvalue weighted by atomic mass is 9.94. The monoisotopic (exact) mass is 639 g/mol. The average molecular weight is 640 g/mol. The average Bonchev–Trinajstić information content (AvgIpc) is 3.75. The van der Waals surface area contributed by atoms with Gasteiger partial charge in [0.05, 0.1) is 11.7 Å². The second-order valence-electron chi connectivity index (χ2n) is 11.4. The number of aromatic nitrogens is 3. The van der Waals surface area contributed by atoms with Gasteiger partial charge in [0.15, 0.2) is 5.69 Å². The van der Waals surface area contributed by atoms with Crippen LogP contribution in [-0.2, 0) is 36.8 Å². The summed E-state index contributed by atoms with van der Waals surface area (Å²) in [6, 6.07) is 12.5. The zero-order chi connectivity index (χ0) is 33.0. The summed E-state index contributed by atoms with van der Waals surface area (Å²) in [5.41, 5.74) is 1.56. The molecule has 0 radical (unpaired) electrons. The third-order valence-corrected chi connectivity index (χ3v) is 7.78. The smallest absolute Gasteiger partial charge is 0.349 e. The van der Waals surface area contributed by atoms with E-state index in [1.54, 1.807) is 50.2 Å². The number of carbonyl (C=O) groups is 2. The van der Waals surface area contributed by atoms with E-state index in [9.17, 15) is 31.5 Å². The first kappa shape index (κ1) is 32.8. The van der Waals surface area contributed by atoms with Gasteiger partial charge in [-0.1, -0.05) is 38.5 Å². The molecule has 0 saturated heterocycles. The Kier molecular flexibility index (Phi) is 9.83. The minimum absolute atomic E-state index is 0.0645. The highest BCUT2D eigenvalue weighted by atomic mass is 19.4. The molecule has 242 valence electrons. The molecule has 0 spiro atoms. The van der Waals surface area contributed by atoms with Crippen LogP contribution in [-0.4, -0.2) is 32.6 Å². The van der Waals surface area contributed by atoms with E-state index in [0.29, 0.717) is 34.5 Å². The Bertz CT molecular complexity index is 1710. The summed E-state index contributed by atoms with van der Waals surface area (Å²) < 4.78 is 71.0. The first-order valence-corrected chi connectivity index (χ1v) is 15.2. The Hall–Kier alpha value is -4.61. The lowest BCUT2D eigenvalue weighted by Gasteiger charge is -2.22. The molecule has 0 aliphatic heterocycles. The van der Waals surface area contributed by atoms with Crippen LogP contribution in [0.15, 0.2) is 60.8 Å². The normalized spacial score (nSPS) is 13.8. The minimum atomic E-state index is -4.69. The van der Waals surface area contributed by atoms with Crippen LogP contribution >= 0.6 is 0 Å². The maximum absolute atomic E-state index is 14.2. The number of nitrogens with zero attached hydrogens (tertiary/aromatic N) is 3. The number of alkyl halides is 3. The zero-order valence-electron chi connectivity index (χ0n) is 25.4. The van der Waals surface area contributed by atoms with E-state index in [0.717, 1.165) is 35.7 Å². The van der Waals surface area contributed by atoms with Crippen molar-refractivity contribution in [2.45, 2.75) is 77.2 Å². The van der Waals surface area contributed by atoms with Crippen molar-refractivity contribution in [1.82, 2.24) is 25.4 Å². The topological polar surface area (TPSA) is 88.9 Å². The quantitative estimate of drug-likeness (QED) is 0.168. The molecule has 1 fully saturated rings. The van der Waals surface area contributed by atoms with Gasteiger partial charge in [-0.25, -0.2) is 8.78 Å². The molecule has 0 bridgehead atoms. The number of hydrogen-bond donors (Lipinski definition) is 2. The van der Waals surface area contributed by atoms with E-state index in [4.69, 9.17) is 0 Å². The van der Waals surface area contributed by atoms with Crippen molar-refractivity contribution in [1.29, 1.82) is 0 Å². The highest BCUT2D eigenvalue weighted by Gasteiger charge is 2.38. The van der Waals surface area contributed by atoms with Gasteiger partial charge >= 0.3 is 6.18 Å². The molecule has 12 heteroatoms. The third kappa shape index (κ3) is 7.78. The maximum Gasteiger partial charge on any atom is 0.435 e. The number of nitrogens with one attached hydrogen (secondary N) is 2. The van der Waals surface area contributed by atoms with Crippen molar-refractivity contribution < 1.29 is 31.5 Å². The predicted molar refractivity (Wildman–Crippen MR) is 162 cm³/mol. The Labute approximate surface area is 263 Å². The molecule has 7 nitrogen and oxygen atoms in total. The van der Waals surface area contributed by atoms with Crippen molar-refractivity contribution >= 4 is 11.8 Å². The fourth-order valence-electron chi connectivity index (χ4n) is 5.62. The predicted octanol–water partition coefficient (Wildman–Crippen LogP) is 6.75. The zero-order valence-corrected chi connectivity index (χ0v) is 25.4. The van der Waals surface area contributed by atoms with Crippen LogP contribution in [0.25, 0.3) is 11.1 Å². The van der Waals surface area contributed by atoms with Gasteiger partial charge in [-0.2, -0.15) is 18.3 Å². The Morgan fingerprint density at radius 1 is 1.02 bits per heavy atom. The van der Waals surface area contributed by atoms with Crippen LogP contribution in [0, 0.1) is 11.6 Å². The second-order valence-corrected chi connectivity index (χ2v) is 11.4. The molecule has 4 aromatic rings. The van der Waals surface area contributed by atoms with Crippen LogP contribution < -0.4 is 10.6 Å². The number of halogens is 5. The van der Waals surface area contributed by atoms with Crippen LogP contribution in [0.4, 0.5) is 22.0 Å². The summed E-state index contributed by atoms with van der Waals surface area (Å²) in [7, 11) is 0. The number of benzene rings is 2. The number of amides is 2. The second kappa shape index (κ2) is 13.8. The first-order chi connectivity index (χ1) is 22.0. The van der Waals surface area contributed by atoms with Crippen LogP contribution in [0.3, 0.4) is 0 Å². The van der Waals surface area contributed by atoms with Crippen LogP contribution in [0.5, 0.6) is 0 Å². The maximum atomic E-state index is 14.2. The van der Waals surface area contributed by atoms with Gasteiger partial charge < -0.3 is 10.6 Å². The fourth-order valence-corrected chi connectivity index (χ4v) is 5.62. The Morgan fingerprint density at radius 2 is 1.76 bits per heavy atom. The van der Waals surface area contributed by atoms with Crippen molar-refractivity contribution in [2.75, 3.05) is 0 Å². The molecular formula is C34H34F5N5O2. The molecule has 2 amide bonds. The van der Waals surface area contributed by atoms with Gasteiger partial charge in [0.25, 0.3) is 5.91 Å². The SMILES string of the molecule is CCCc1c(C(F)(F)F)nn(CC(=O)N[C@@H](Cc2cc(F)cc(F)c2)c2ncccc2-c2cccc(C(=O)NC3CC3)c2)c1CC. The molecule has 46 heavy (non-hydrogen) atoms. The summed E-state index contributed by atoms with van der Waals surface area (Å²) in [4.78, 5) is 30.8. The third-order valence-electron chi connectivity index (χ3n) is 7.78. The number of pyridine rings is 1. The molecule has 5 rings (SSSR count). The van der Waals surface area contributed by atoms with Crippen molar-refractivity contribution in [2.24, 2.45) is 0 Å². The van der Waals surface area contributed by atoms with Gasteiger partial charge in [-0.3, -0.25) is 19.3 Å². The molecule has 2 aromatic carbocycles.